The Morgan fingerprint density at radius 2 is 1.79 bits per heavy atom. The van der Waals surface area contributed by atoms with Crippen LogP contribution in [0.3, 0.4) is 0 Å². The van der Waals surface area contributed by atoms with Crippen LogP contribution in [0.2, 0.25) is 0 Å². The number of benzene rings is 1. The molecule has 0 spiro atoms. The van der Waals surface area contributed by atoms with E-state index >= 15 is 0 Å². The summed E-state index contributed by atoms with van der Waals surface area (Å²) in [6.07, 6.45) is 4.64. The van der Waals surface area contributed by atoms with Gasteiger partial charge in [0.2, 0.25) is 0 Å². The summed E-state index contributed by atoms with van der Waals surface area (Å²) in [6.45, 7) is 5.66. The monoisotopic (exact) mass is 332 g/mol. The van der Waals surface area contributed by atoms with Gasteiger partial charge in [-0.05, 0) is 36.1 Å². The number of amides is 2. The first-order valence-electron chi connectivity index (χ1n) is 8.75. The third-order valence-corrected chi connectivity index (χ3v) is 5.26. The fourth-order valence-electron chi connectivity index (χ4n) is 3.99. The fourth-order valence-corrected chi connectivity index (χ4v) is 3.99. The number of ether oxygens (including phenoxy) is 2. The summed E-state index contributed by atoms with van der Waals surface area (Å²) in [7, 11) is 3.30. The quantitative estimate of drug-likeness (QED) is 0.922. The van der Waals surface area contributed by atoms with Crippen LogP contribution in [0.4, 0.5) is 4.79 Å². The highest BCUT2D eigenvalue weighted by molar-refractivity contribution is 5.75. The van der Waals surface area contributed by atoms with Crippen molar-refractivity contribution in [3.63, 3.8) is 0 Å². The highest BCUT2D eigenvalue weighted by atomic mass is 16.5. The second-order valence-electron chi connectivity index (χ2n) is 7.54. The van der Waals surface area contributed by atoms with Crippen LogP contribution in [0.25, 0.3) is 0 Å². The van der Waals surface area contributed by atoms with Crippen molar-refractivity contribution in [1.82, 2.24) is 10.2 Å². The highest BCUT2D eigenvalue weighted by Crippen LogP contribution is 2.40. The number of urea groups is 1. The Morgan fingerprint density at radius 3 is 2.42 bits per heavy atom. The smallest absolute Gasteiger partial charge is 0.317 e. The first kappa shape index (κ1) is 16.9. The van der Waals surface area contributed by atoms with Gasteiger partial charge in [-0.15, -0.1) is 0 Å². The van der Waals surface area contributed by atoms with Crippen molar-refractivity contribution in [2.45, 2.75) is 57.5 Å². The molecule has 1 aromatic carbocycles. The van der Waals surface area contributed by atoms with Gasteiger partial charge in [-0.1, -0.05) is 26.7 Å². The zero-order valence-electron chi connectivity index (χ0n) is 15.1. The molecule has 1 aliphatic heterocycles. The molecule has 0 aromatic heterocycles. The lowest BCUT2D eigenvalue weighted by atomic mass is 9.78. The van der Waals surface area contributed by atoms with Gasteiger partial charge < -0.3 is 19.7 Å². The molecule has 132 valence electrons. The maximum absolute atomic E-state index is 12.7. The normalized spacial score (nSPS) is 19.8. The van der Waals surface area contributed by atoms with Gasteiger partial charge in [-0.25, -0.2) is 4.79 Å². The standard InChI is InChI=1S/C19H28N2O3/c1-19(2)12-21(18(22)20-14-7-5-6-8-14)11-13-9-16(23-3)17(24-4)10-15(13)19/h9-10,14H,5-8,11-12H2,1-4H3,(H,20,22). The van der Waals surface area contributed by atoms with Crippen molar-refractivity contribution in [2.75, 3.05) is 20.8 Å². The summed E-state index contributed by atoms with van der Waals surface area (Å²) >= 11 is 0. The topological polar surface area (TPSA) is 50.8 Å². The molecule has 1 heterocycles. The minimum atomic E-state index is -0.125. The molecule has 0 unspecified atom stereocenters. The van der Waals surface area contributed by atoms with E-state index in [4.69, 9.17) is 9.47 Å². The van der Waals surface area contributed by atoms with Crippen LogP contribution in [0.15, 0.2) is 12.1 Å². The van der Waals surface area contributed by atoms with Crippen molar-refractivity contribution in [3.8, 4) is 11.5 Å². The third-order valence-electron chi connectivity index (χ3n) is 5.26. The number of hydrogen-bond donors (Lipinski definition) is 1. The van der Waals surface area contributed by atoms with Gasteiger partial charge in [-0.3, -0.25) is 0 Å². The average molecular weight is 332 g/mol. The van der Waals surface area contributed by atoms with Gasteiger partial charge >= 0.3 is 6.03 Å². The van der Waals surface area contributed by atoms with Crippen LogP contribution in [0.5, 0.6) is 11.5 Å². The zero-order chi connectivity index (χ0) is 17.3. The SMILES string of the molecule is COc1cc2c(cc1OC)C(C)(C)CN(C(=O)NC1CCCC1)C2. The Hall–Kier alpha value is -1.91. The molecule has 5 nitrogen and oxygen atoms in total. The minimum Gasteiger partial charge on any atom is -0.493 e. The fraction of sp³-hybridized carbons (Fsp3) is 0.632. The second-order valence-corrected chi connectivity index (χ2v) is 7.54. The third kappa shape index (κ3) is 3.17. The summed E-state index contributed by atoms with van der Waals surface area (Å²) in [4.78, 5) is 14.6. The average Bonchev–Trinajstić information content (AvgIpc) is 3.05. The number of fused-ring (bicyclic) bond motifs is 1. The van der Waals surface area contributed by atoms with Crippen molar-refractivity contribution < 1.29 is 14.3 Å². The number of nitrogens with zero attached hydrogens (tertiary/aromatic N) is 1. The van der Waals surface area contributed by atoms with E-state index in [-0.39, 0.29) is 11.4 Å². The van der Waals surface area contributed by atoms with E-state index < -0.39 is 0 Å². The Bertz CT molecular complexity index is 621. The summed E-state index contributed by atoms with van der Waals surface area (Å²) in [5, 5.41) is 3.20. The minimum absolute atomic E-state index is 0.0513. The summed E-state index contributed by atoms with van der Waals surface area (Å²) in [5.74, 6) is 1.46. The molecule has 1 aromatic rings. The summed E-state index contributed by atoms with van der Waals surface area (Å²) in [6, 6.07) is 4.45. The number of rotatable bonds is 3. The molecule has 5 heteroatoms. The molecule has 1 N–H and O–H groups in total. The Kier molecular flexibility index (Phi) is 4.61. The first-order chi connectivity index (χ1) is 11.4. The van der Waals surface area contributed by atoms with Crippen LogP contribution in [0, 0.1) is 0 Å². The van der Waals surface area contributed by atoms with Gasteiger partial charge in [0.15, 0.2) is 11.5 Å². The van der Waals surface area contributed by atoms with Crippen LogP contribution >= 0.6 is 0 Å². The van der Waals surface area contributed by atoms with E-state index in [9.17, 15) is 4.79 Å². The maximum Gasteiger partial charge on any atom is 0.317 e. The van der Waals surface area contributed by atoms with Crippen LogP contribution in [-0.4, -0.2) is 37.7 Å². The predicted octanol–water partition coefficient (Wildman–Crippen LogP) is 3.45. The van der Waals surface area contributed by atoms with Gasteiger partial charge in [0.05, 0.1) is 14.2 Å². The van der Waals surface area contributed by atoms with Crippen molar-refractivity contribution in [1.29, 1.82) is 0 Å². The van der Waals surface area contributed by atoms with E-state index in [1.54, 1.807) is 14.2 Å². The Labute approximate surface area is 144 Å². The highest BCUT2D eigenvalue weighted by Gasteiger charge is 2.35. The first-order valence-corrected chi connectivity index (χ1v) is 8.75. The van der Waals surface area contributed by atoms with Crippen LogP contribution in [0.1, 0.15) is 50.7 Å². The molecule has 1 saturated carbocycles. The molecule has 3 rings (SSSR count). The number of carbonyl (C=O) groups is 1. The lowest BCUT2D eigenvalue weighted by molar-refractivity contribution is 0.170. The molecule has 1 aliphatic carbocycles. The molecule has 24 heavy (non-hydrogen) atoms. The van der Waals surface area contributed by atoms with Gasteiger partial charge in [-0.2, -0.15) is 0 Å². The van der Waals surface area contributed by atoms with Crippen molar-refractivity contribution in [3.05, 3.63) is 23.3 Å². The van der Waals surface area contributed by atoms with Crippen molar-refractivity contribution >= 4 is 6.03 Å². The molecule has 2 amide bonds. The summed E-state index contributed by atoms with van der Waals surface area (Å²) < 4.78 is 10.9. The molecule has 0 atom stereocenters. The largest absolute Gasteiger partial charge is 0.493 e. The van der Waals surface area contributed by atoms with E-state index in [1.165, 1.54) is 18.4 Å². The number of hydrogen-bond acceptors (Lipinski definition) is 3. The lowest BCUT2D eigenvalue weighted by Gasteiger charge is -2.40. The van der Waals surface area contributed by atoms with E-state index in [0.29, 0.717) is 24.9 Å². The lowest BCUT2D eigenvalue weighted by Crippen LogP contribution is -2.50. The van der Waals surface area contributed by atoms with E-state index in [1.807, 2.05) is 11.0 Å². The number of nitrogens with one attached hydrogen (secondary N) is 1. The molecule has 2 aliphatic rings. The molecule has 0 bridgehead atoms. The van der Waals surface area contributed by atoms with E-state index in [2.05, 4.69) is 25.2 Å². The zero-order valence-corrected chi connectivity index (χ0v) is 15.1. The molecule has 0 saturated heterocycles. The molecule has 1 fully saturated rings. The molecular formula is C19H28N2O3. The van der Waals surface area contributed by atoms with Crippen LogP contribution in [-0.2, 0) is 12.0 Å². The Morgan fingerprint density at radius 1 is 1.17 bits per heavy atom. The van der Waals surface area contributed by atoms with Gasteiger partial charge in [0, 0.05) is 24.5 Å². The molecule has 0 radical (unpaired) electrons. The number of methoxy groups -OCH3 is 2. The maximum atomic E-state index is 12.7. The van der Waals surface area contributed by atoms with Gasteiger partial charge in [0.1, 0.15) is 0 Å². The predicted molar refractivity (Wildman–Crippen MR) is 93.8 cm³/mol. The van der Waals surface area contributed by atoms with Crippen molar-refractivity contribution in [2.24, 2.45) is 0 Å². The summed E-state index contributed by atoms with van der Waals surface area (Å²) in [5.41, 5.74) is 2.23. The second kappa shape index (κ2) is 6.54. The molecular weight excluding hydrogens is 304 g/mol. The Balaban J connectivity index is 1.84. The van der Waals surface area contributed by atoms with Gasteiger partial charge in [0.25, 0.3) is 0 Å². The van der Waals surface area contributed by atoms with Crippen LogP contribution < -0.4 is 14.8 Å². The number of carbonyl (C=O) groups excluding carboxylic acids is 1. The van der Waals surface area contributed by atoms with E-state index in [0.717, 1.165) is 24.2 Å².